The molecule has 1 aromatic rings. The number of hydrogen-bond acceptors (Lipinski definition) is 4. The van der Waals surface area contributed by atoms with Crippen LogP contribution in [0, 0.1) is 18.3 Å². The number of nitriles is 1. The number of nitrogens with one attached hydrogen (secondary N) is 1. The van der Waals surface area contributed by atoms with Gasteiger partial charge < -0.3 is 0 Å². The van der Waals surface area contributed by atoms with Crippen molar-refractivity contribution in [3.05, 3.63) is 34.9 Å². The monoisotopic (exact) mass is 243 g/mol. The first-order valence-corrected chi connectivity index (χ1v) is 5.65. The molecule has 0 bridgehead atoms. The van der Waals surface area contributed by atoms with E-state index in [1.54, 1.807) is 18.2 Å². The number of carbonyl (C=O) groups excluding carboxylic acids is 2. The first-order chi connectivity index (χ1) is 8.61. The summed E-state index contributed by atoms with van der Waals surface area (Å²) in [5.74, 6) is -0.426. The number of imide groups is 1. The van der Waals surface area contributed by atoms with E-state index in [2.05, 4.69) is 11.4 Å². The van der Waals surface area contributed by atoms with Crippen molar-refractivity contribution in [3.8, 4) is 6.07 Å². The van der Waals surface area contributed by atoms with Crippen LogP contribution < -0.4 is 5.32 Å². The van der Waals surface area contributed by atoms with Gasteiger partial charge in [-0.15, -0.1) is 0 Å². The third-order valence-corrected chi connectivity index (χ3v) is 2.95. The minimum atomic E-state index is -0.213. The molecular weight excluding hydrogens is 230 g/mol. The summed E-state index contributed by atoms with van der Waals surface area (Å²) in [5.41, 5.74) is 2.37. The molecule has 0 unspecified atom stereocenters. The normalized spacial score (nSPS) is 15.7. The van der Waals surface area contributed by atoms with Crippen LogP contribution in [-0.2, 0) is 16.1 Å². The summed E-state index contributed by atoms with van der Waals surface area (Å²) in [6, 6.07) is 7.30. The van der Waals surface area contributed by atoms with E-state index >= 15 is 0 Å². The van der Waals surface area contributed by atoms with Crippen LogP contribution >= 0.6 is 0 Å². The summed E-state index contributed by atoms with van der Waals surface area (Å²) < 4.78 is 0. The lowest BCUT2D eigenvalue weighted by Crippen LogP contribution is -2.51. The minimum Gasteiger partial charge on any atom is -0.300 e. The Kier molecular flexibility index (Phi) is 3.40. The van der Waals surface area contributed by atoms with Gasteiger partial charge in [0.15, 0.2) is 0 Å². The fourth-order valence-corrected chi connectivity index (χ4v) is 1.90. The number of aryl methyl sites for hydroxylation is 1. The average molecular weight is 243 g/mol. The van der Waals surface area contributed by atoms with Crippen LogP contribution in [0.1, 0.15) is 16.7 Å². The van der Waals surface area contributed by atoms with E-state index in [-0.39, 0.29) is 31.4 Å². The number of hydrogen-bond donors (Lipinski definition) is 1. The standard InChI is InChI=1S/C13H13N3O2/c1-9-4-10(5-14)2-3-11(9)8-16-12(17)6-15-7-13(16)18/h2-4,15H,6-8H2,1H3. The molecule has 1 aliphatic heterocycles. The summed E-state index contributed by atoms with van der Waals surface area (Å²) in [6.45, 7) is 2.53. The molecule has 2 rings (SSSR count). The van der Waals surface area contributed by atoms with Crippen molar-refractivity contribution >= 4 is 11.8 Å². The SMILES string of the molecule is Cc1cc(C#N)ccc1CN1C(=O)CNCC1=O. The van der Waals surface area contributed by atoms with Gasteiger partial charge in [0.05, 0.1) is 31.3 Å². The summed E-state index contributed by atoms with van der Waals surface area (Å²) in [5, 5.41) is 11.5. The van der Waals surface area contributed by atoms with E-state index in [9.17, 15) is 9.59 Å². The van der Waals surface area contributed by atoms with E-state index in [4.69, 9.17) is 5.26 Å². The third-order valence-electron chi connectivity index (χ3n) is 2.95. The predicted molar refractivity (Wildman–Crippen MR) is 64.3 cm³/mol. The molecule has 1 saturated heterocycles. The highest BCUT2D eigenvalue weighted by atomic mass is 16.2. The van der Waals surface area contributed by atoms with E-state index in [0.29, 0.717) is 5.56 Å². The number of nitrogens with zero attached hydrogens (tertiary/aromatic N) is 2. The molecule has 1 N–H and O–H groups in total. The highest BCUT2D eigenvalue weighted by Gasteiger charge is 2.25. The molecule has 0 radical (unpaired) electrons. The van der Waals surface area contributed by atoms with Crippen LogP contribution in [-0.4, -0.2) is 29.8 Å². The highest BCUT2D eigenvalue weighted by Crippen LogP contribution is 2.14. The van der Waals surface area contributed by atoms with Crippen molar-refractivity contribution < 1.29 is 9.59 Å². The Morgan fingerprint density at radius 2 is 2.00 bits per heavy atom. The first kappa shape index (κ1) is 12.3. The molecule has 0 saturated carbocycles. The molecule has 1 fully saturated rings. The fourth-order valence-electron chi connectivity index (χ4n) is 1.90. The second-order valence-corrected chi connectivity index (χ2v) is 4.23. The smallest absolute Gasteiger partial charge is 0.243 e. The Balaban J connectivity index is 2.21. The van der Waals surface area contributed by atoms with Gasteiger partial charge in [-0.2, -0.15) is 5.26 Å². The Morgan fingerprint density at radius 3 is 2.56 bits per heavy atom. The van der Waals surface area contributed by atoms with Crippen molar-refractivity contribution in [3.63, 3.8) is 0 Å². The van der Waals surface area contributed by atoms with Crippen LogP contribution in [0.4, 0.5) is 0 Å². The average Bonchev–Trinajstić information content (AvgIpc) is 2.35. The molecule has 5 nitrogen and oxygen atoms in total. The fraction of sp³-hybridized carbons (Fsp3) is 0.308. The van der Waals surface area contributed by atoms with Gasteiger partial charge in [0.1, 0.15) is 0 Å². The van der Waals surface area contributed by atoms with Crippen molar-refractivity contribution in [2.75, 3.05) is 13.1 Å². The van der Waals surface area contributed by atoms with Gasteiger partial charge >= 0.3 is 0 Å². The van der Waals surface area contributed by atoms with Gasteiger partial charge in [-0.1, -0.05) is 6.07 Å². The largest absolute Gasteiger partial charge is 0.300 e. The van der Waals surface area contributed by atoms with Gasteiger partial charge in [0, 0.05) is 0 Å². The predicted octanol–water partition coefficient (Wildman–Crippen LogP) is 0.325. The molecule has 18 heavy (non-hydrogen) atoms. The highest BCUT2D eigenvalue weighted by molar-refractivity contribution is 5.99. The van der Waals surface area contributed by atoms with Crippen LogP contribution in [0.25, 0.3) is 0 Å². The number of amides is 2. The van der Waals surface area contributed by atoms with E-state index in [1.807, 2.05) is 6.92 Å². The third kappa shape index (κ3) is 2.39. The Morgan fingerprint density at radius 1 is 1.33 bits per heavy atom. The van der Waals surface area contributed by atoms with Crippen molar-refractivity contribution in [2.45, 2.75) is 13.5 Å². The summed E-state index contributed by atoms with van der Waals surface area (Å²) >= 11 is 0. The van der Waals surface area contributed by atoms with Crippen LogP contribution in [0.2, 0.25) is 0 Å². The van der Waals surface area contributed by atoms with Gasteiger partial charge in [-0.25, -0.2) is 0 Å². The second-order valence-electron chi connectivity index (χ2n) is 4.23. The Hall–Kier alpha value is -2.19. The van der Waals surface area contributed by atoms with Gasteiger partial charge in [0.2, 0.25) is 11.8 Å². The Labute approximate surface area is 105 Å². The molecule has 92 valence electrons. The van der Waals surface area contributed by atoms with Gasteiger partial charge in [-0.3, -0.25) is 19.8 Å². The molecule has 1 aromatic carbocycles. The minimum absolute atomic E-state index is 0.196. The maximum absolute atomic E-state index is 11.6. The van der Waals surface area contributed by atoms with E-state index < -0.39 is 0 Å². The number of rotatable bonds is 2. The maximum Gasteiger partial charge on any atom is 0.243 e. The molecular formula is C13H13N3O2. The van der Waals surface area contributed by atoms with Crippen LogP contribution in [0.15, 0.2) is 18.2 Å². The number of benzene rings is 1. The molecule has 2 amide bonds. The lowest BCUT2D eigenvalue weighted by atomic mass is 10.0. The van der Waals surface area contributed by atoms with E-state index in [0.717, 1.165) is 11.1 Å². The number of piperazine rings is 1. The van der Waals surface area contributed by atoms with E-state index in [1.165, 1.54) is 4.90 Å². The van der Waals surface area contributed by atoms with Gasteiger partial charge in [-0.05, 0) is 30.2 Å². The molecule has 0 aliphatic carbocycles. The van der Waals surface area contributed by atoms with Crippen molar-refractivity contribution in [1.29, 1.82) is 5.26 Å². The van der Waals surface area contributed by atoms with Crippen LogP contribution in [0.3, 0.4) is 0 Å². The molecule has 5 heteroatoms. The maximum atomic E-state index is 11.6. The first-order valence-electron chi connectivity index (χ1n) is 5.65. The molecule has 1 heterocycles. The van der Waals surface area contributed by atoms with Crippen molar-refractivity contribution in [1.82, 2.24) is 10.2 Å². The molecule has 1 aliphatic rings. The quantitative estimate of drug-likeness (QED) is 0.759. The zero-order valence-electron chi connectivity index (χ0n) is 10.1. The lowest BCUT2D eigenvalue weighted by Gasteiger charge is -2.26. The van der Waals surface area contributed by atoms with Crippen molar-refractivity contribution in [2.24, 2.45) is 0 Å². The lowest BCUT2D eigenvalue weighted by molar-refractivity contribution is -0.147. The summed E-state index contributed by atoms with van der Waals surface area (Å²) in [7, 11) is 0. The topological polar surface area (TPSA) is 73.2 Å². The summed E-state index contributed by atoms with van der Waals surface area (Å²) in [4.78, 5) is 24.5. The van der Waals surface area contributed by atoms with Gasteiger partial charge in [0.25, 0.3) is 0 Å². The zero-order chi connectivity index (χ0) is 13.1. The molecule has 0 atom stereocenters. The summed E-state index contributed by atoms with van der Waals surface area (Å²) in [6.07, 6.45) is 0. The molecule has 0 aromatic heterocycles. The van der Waals surface area contributed by atoms with Crippen LogP contribution in [0.5, 0.6) is 0 Å². The zero-order valence-corrected chi connectivity index (χ0v) is 10.1. The second kappa shape index (κ2) is 4.98. The molecule has 0 spiro atoms. The number of carbonyl (C=O) groups is 2. The Bertz CT molecular complexity index is 530.